The minimum atomic E-state index is -1.10. The van der Waals surface area contributed by atoms with Crippen molar-refractivity contribution in [2.24, 2.45) is 5.84 Å². The van der Waals surface area contributed by atoms with Crippen LogP contribution in [0.3, 0.4) is 0 Å². The Morgan fingerprint density at radius 1 is 1.16 bits per heavy atom. The lowest BCUT2D eigenvalue weighted by Crippen LogP contribution is -2.43. The molecule has 5 N–H and O–H groups in total. The maximum absolute atomic E-state index is 12.5. The highest BCUT2D eigenvalue weighted by atomic mass is 35.5. The van der Waals surface area contributed by atoms with Crippen LogP contribution < -0.4 is 16.6 Å². The minimum Gasteiger partial charge on any atom is -0.481 e. The number of esters is 1. The average molecular weight is 460 g/mol. The van der Waals surface area contributed by atoms with E-state index >= 15 is 0 Å². The zero-order valence-corrected chi connectivity index (χ0v) is 18.4. The Morgan fingerprint density at radius 2 is 1.88 bits per heavy atom. The molecule has 9 heteroatoms. The lowest BCUT2D eigenvalue weighted by Gasteiger charge is -2.19. The molecule has 1 atom stereocenters. The number of halogens is 1. The van der Waals surface area contributed by atoms with Gasteiger partial charge in [-0.15, -0.1) is 0 Å². The van der Waals surface area contributed by atoms with Crippen molar-refractivity contribution in [2.45, 2.75) is 32.2 Å². The summed E-state index contributed by atoms with van der Waals surface area (Å²) in [5.74, 6) is 3.18. The summed E-state index contributed by atoms with van der Waals surface area (Å²) in [5, 5.41) is 12.2. The Bertz CT molecular complexity index is 976. The Morgan fingerprint density at radius 3 is 2.47 bits per heavy atom. The van der Waals surface area contributed by atoms with E-state index in [-0.39, 0.29) is 25.1 Å². The fourth-order valence-electron chi connectivity index (χ4n) is 3.05. The first-order valence-electron chi connectivity index (χ1n) is 10.0. The molecule has 0 bridgehead atoms. The normalized spacial score (nSPS) is 12.0. The molecule has 0 aliphatic carbocycles. The topological polar surface area (TPSA) is 131 Å². The third kappa shape index (κ3) is 8.05. The van der Waals surface area contributed by atoms with Crippen molar-refractivity contribution in [2.75, 3.05) is 6.61 Å². The van der Waals surface area contributed by atoms with E-state index in [0.29, 0.717) is 11.4 Å². The predicted molar refractivity (Wildman–Crippen MR) is 121 cm³/mol. The van der Waals surface area contributed by atoms with Crippen molar-refractivity contribution in [3.8, 4) is 11.1 Å². The van der Waals surface area contributed by atoms with E-state index in [1.807, 2.05) is 42.5 Å². The van der Waals surface area contributed by atoms with Gasteiger partial charge in [-0.1, -0.05) is 48.0 Å². The number of aliphatic carboxylic acids is 1. The number of hydrazine groups is 1. The molecule has 0 fully saturated rings. The molecule has 0 unspecified atom stereocenters. The zero-order chi connectivity index (χ0) is 23.5. The first-order valence-corrected chi connectivity index (χ1v) is 10.4. The average Bonchev–Trinajstić information content (AvgIpc) is 2.74. The van der Waals surface area contributed by atoms with Gasteiger partial charge >= 0.3 is 11.9 Å². The summed E-state index contributed by atoms with van der Waals surface area (Å²) in [6, 6.07) is 14.6. The van der Waals surface area contributed by atoms with Crippen LogP contribution in [-0.2, 0) is 25.5 Å². The molecule has 0 aliphatic rings. The Labute approximate surface area is 191 Å². The Balaban J connectivity index is 2.15. The fraction of sp³-hybridized carbons (Fsp3) is 0.261. The van der Waals surface area contributed by atoms with Crippen molar-refractivity contribution >= 4 is 29.4 Å². The summed E-state index contributed by atoms with van der Waals surface area (Å²) in [6.45, 7) is 1.92. The van der Waals surface area contributed by atoms with Gasteiger partial charge in [0, 0.05) is 11.1 Å². The summed E-state index contributed by atoms with van der Waals surface area (Å²) in [7, 11) is 0. The van der Waals surface area contributed by atoms with E-state index in [9.17, 15) is 14.4 Å². The summed E-state index contributed by atoms with van der Waals surface area (Å²) >= 11 is 6.06. The highest BCUT2D eigenvalue weighted by molar-refractivity contribution is 6.30. The maximum Gasteiger partial charge on any atom is 0.307 e. The molecule has 0 saturated carbocycles. The number of amides is 1. The Kier molecular flexibility index (Phi) is 9.72. The molecule has 1 amide bonds. The number of carbonyl (C=O) groups excluding carboxylic acids is 2. The lowest BCUT2D eigenvalue weighted by atomic mass is 9.99. The number of carboxylic acids is 1. The lowest BCUT2D eigenvalue weighted by molar-refractivity contribution is -0.143. The molecule has 2 rings (SSSR count). The van der Waals surface area contributed by atoms with Crippen LogP contribution in [0.2, 0.25) is 5.02 Å². The van der Waals surface area contributed by atoms with E-state index in [4.69, 9.17) is 27.3 Å². The number of carbonyl (C=O) groups is 3. The number of hydrogen-bond acceptors (Lipinski definition) is 6. The van der Waals surface area contributed by atoms with E-state index in [0.717, 1.165) is 16.7 Å². The van der Waals surface area contributed by atoms with Crippen LogP contribution in [0, 0.1) is 0 Å². The second-order valence-electron chi connectivity index (χ2n) is 6.95. The van der Waals surface area contributed by atoms with Crippen LogP contribution in [-0.4, -0.2) is 35.6 Å². The molecule has 0 heterocycles. The van der Waals surface area contributed by atoms with E-state index in [1.165, 1.54) is 6.08 Å². The first-order chi connectivity index (χ1) is 15.3. The zero-order valence-electron chi connectivity index (χ0n) is 17.6. The summed E-state index contributed by atoms with van der Waals surface area (Å²) in [6.07, 6.45) is 1.10. The monoisotopic (exact) mass is 459 g/mol. The third-order valence-electron chi connectivity index (χ3n) is 4.53. The van der Waals surface area contributed by atoms with Crippen molar-refractivity contribution < 1.29 is 24.2 Å². The molecular weight excluding hydrogens is 434 g/mol. The number of ether oxygens (including phenoxy) is 1. The van der Waals surface area contributed by atoms with Gasteiger partial charge in [0.15, 0.2) is 0 Å². The molecule has 8 nitrogen and oxygen atoms in total. The highest BCUT2D eigenvalue weighted by Gasteiger charge is 2.20. The first kappa shape index (κ1) is 24.9. The van der Waals surface area contributed by atoms with Gasteiger partial charge in [-0.3, -0.25) is 20.2 Å². The summed E-state index contributed by atoms with van der Waals surface area (Å²) in [4.78, 5) is 35.3. The molecule has 2 aromatic carbocycles. The fourth-order valence-corrected chi connectivity index (χ4v) is 3.24. The van der Waals surface area contributed by atoms with Crippen LogP contribution in [0.25, 0.3) is 11.1 Å². The molecule has 0 saturated heterocycles. The smallest absolute Gasteiger partial charge is 0.307 e. The van der Waals surface area contributed by atoms with Gasteiger partial charge in [0.2, 0.25) is 0 Å². The molecular formula is C23H26ClN3O5. The van der Waals surface area contributed by atoms with Crippen LogP contribution in [0.5, 0.6) is 0 Å². The second kappa shape index (κ2) is 12.5. The standard InChI is InChI=1S/C23H26ClN3O5/c1-2-32-22(30)14-19(26-23(31)20(27-25)10-11-21(28)29)12-15-6-8-16(9-7-15)17-4-3-5-18(24)13-17/h3-10,13,19,27H,2,11-12,14,25H2,1H3,(H,26,31)(H,28,29)/b20-10-/t19-/m1/s1. The number of rotatable bonds is 11. The number of nitrogens with two attached hydrogens (primary N) is 1. The van der Waals surface area contributed by atoms with E-state index in [2.05, 4.69) is 10.7 Å². The van der Waals surface area contributed by atoms with E-state index in [1.54, 1.807) is 13.0 Å². The summed E-state index contributed by atoms with van der Waals surface area (Å²) < 4.78 is 5.01. The van der Waals surface area contributed by atoms with Crippen LogP contribution in [0.4, 0.5) is 0 Å². The van der Waals surface area contributed by atoms with Gasteiger partial charge in [-0.2, -0.15) is 0 Å². The highest BCUT2D eigenvalue weighted by Crippen LogP contribution is 2.23. The van der Waals surface area contributed by atoms with Gasteiger partial charge in [-0.05, 0) is 48.2 Å². The molecule has 2 aromatic rings. The number of carboxylic acid groups (broad SMARTS) is 1. The molecule has 32 heavy (non-hydrogen) atoms. The van der Waals surface area contributed by atoms with Gasteiger partial charge in [-0.25, -0.2) is 0 Å². The Hall–Kier alpha value is -3.36. The van der Waals surface area contributed by atoms with Crippen molar-refractivity contribution in [3.05, 3.63) is 70.9 Å². The van der Waals surface area contributed by atoms with Gasteiger partial charge < -0.3 is 20.6 Å². The largest absolute Gasteiger partial charge is 0.481 e. The second-order valence-corrected chi connectivity index (χ2v) is 7.39. The molecule has 170 valence electrons. The van der Waals surface area contributed by atoms with E-state index < -0.39 is 23.9 Å². The van der Waals surface area contributed by atoms with Gasteiger partial charge in [0.25, 0.3) is 5.91 Å². The summed E-state index contributed by atoms with van der Waals surface area (Å²) in [5.41, 5.74) is 4.94. The van der Waals surface area contributed by atoms with Crippen LogP contribution in [0.1, 0.15) is 25.3 Å². The minimum absolute atomic E-state index is 0.0492. The number of benzene rings is 2. The quantitative estimate of drug-likeness (QED) is 0.176. The molecule has 0 aliphatic heterocycles. The predicted octanol–water partition coefficient (Wildman–Crippen LogP) is 2.81. The third-order valence-corrected chi connectivity index (χ3v) is 4.76. The van der Waals surface area contributed by atoms with Crippen molar-refractivity contribution in [3.63, 3.8) is 0 Å². The van der Waals surface area contributed by atoms with Gasteiger partial charge in [0.05, 0.1) is 19.4 Å². The maximum atomic E-state index is 12.5. The molecule has 0 aromatic heterocycles. The van der Waals surface area contributed by atoms with Crippen molar-refractivity contribution in [1.29, 1.82) is 0 Å². The van der Waals surface area contributed by atoms with Gasteiger partial charge in [0.1, 0.15) is 5.70 Å². The SMILES string of the molecule is CCOC(=O)C[C@@H](Cc1ccc(-c2cccc(Cl)c2)cc1)NC(=O)/C(=C/CC(=O)O)NN. The van der Waals surface area contributed by atoms with Crippen LogP contribution >= 0.6 is 11.6 Å². The molecule has 0 radical (unpaired) electrons. The molecule has 0 spiro atoms. The van der Waals surface area contributed by atoms with Crippen molar-refractivity contribution in [1.82, 2.24) is 10.7 Å². The number of hydrogen-bond donors (Lipinski definition) is 4. The van der Waals surface area contributed by atoms with Crippen LogP contribution in [0.15, 0.2) is 60.3 Å². The number of nitrogens with one attached hydrogen (secondary N) is 2.